The summed E-state index contributed by atoms with van der Waals surface area (Å²) in [6.45, 7) is 2.63. The van der Waals surface area contributed by atoms with Crippen LogP contribution in [0.25, 0.3) is 0 Å². The summed E-state index contributed by atoms with van der Waals surface area (Å²) in [4.78, 5) is 48.9. The SMILES string of the molecule is CC1(C(=O)O)CCN(C(=O)CCN2C(=O)CCC2=O)CC1. The zero-order valence-corrected chi connectivity index (χ0v) is 12.1. The molecule has 2 saturated heterocycles. The average molecular weight is 296 g/mol. The monoisotopic (exact) mass is 296 g/mol. The smallest absolute Gasteiger partial charge is 0.309 e. The Morgan fingerprint density at radius 3 is 2.14 bits per heavy atom. The maximum Gasteiger partial charge on any atom is 0.309 e. The number of nitrogens with zero attached hydrogens (tertiary/aromatic N) is 2. The molecule has 1 N–H and O–H groups in total. The molecule has 0 unspecified atom stereocenters. The third-order valence-corrected chi connectivity index (χ3v) is 4.44. The summed E-state index contributed by atoms with van der Waals surface area (Å²) in [6.07, 6.45) is 1.42. The summed E-state index contributed by atoms with van der Waals surface area (Å²) in [6, 6.07) is 0. The molecular formula is C14H20N2O5. The van der Waals surface area contributed by atoms with E-state index < -0.39 is 11.4 Å². The first-order chi connectivity index (χ1) is 9.83. The lowest BCUT2D eigenvalue weighted by molar-refractivity contribution is -0.153. The predicted octanol–water partition coefficient (Wildman–Crippen LogP) is 0.239. The highest BCUT2D eigenvalue weighted by molar-refractivity contribution is 6.02. The molecular weight excluding hydrogens is 276 g/mol. The van der Waals surface area contributed by atoms with Gasteiger partial charge in [0.25, 0.3) is 0 Å². The Morgan fingerprint density at radius 1 is 1.14 bits per heavy atom. The van der Waals surface area contributed by atoms with Crippen molar-refractivity contribution in [1.29, 1.82) is 0 Å². The number of hydrogen-bond donors (Lipinski definition) is 1. The number of hydrogen-bond acceptors (Lipinski definition) is 4. The molecule has 2 heterocycles. The van der Waals surface area contributed by atoms with Crippen molar-refractivity contribution in [3.05, 3.63) is 0 Å². The zero-order valence-electron chi connectivity index (χ0n) is 12.1. The molecule has 7 nitrogen and oxygen atoms in total. The number of rotatable bonds is 4. The van der Waals surface area contributed by atoms with Crippen LogP contribution in [0.15, 0.2) is 0 Å². The number of carbonyl (C=O) groups excluding carboxylic acids is 3. The molecule has 0 saturated carbocycles. The number of amides is 3. The molecule has 3 amide bonds. The largest absolute Gasteiger partial charge is 0.481 e. The van der Waals surface area contributed by atoms with Crippen molar-refractivity contribution in [1.82, 2.24) is 9.80 Å². The molecule has 2 aliphatic heterocycles. The Bertz CT molecular complexity index is 464. The van der Waals surface area contributed by atoms with Gasteiger partial charge in [-0.3, -0.25) is 24.1 Å². The van der Waals surface area contributed by atoms with E-state index in [1.807, 2.05) is 0 Å². The van der Waals surface area contributed by atoms with Gasteiger partial charge in [-0.15, -0.1) is 0 Å². The van der Waals surface area contributed by atoms with Crippen LogP contribution in [0, 0.1) is 5.41 Å². The quantitative estimate of drug-likeness (QED) is 0.750. The fourth-order valence-electron chi connectivity index (χ4n) is 2.70. The second kappa shape index (κ2) is 5.83. The molecule has 0 atom stereocenters. The van der Waals surface area contributed by atoms with Gasteiger partial charge in [0.15, 0.2) is 0 Å². The summed E-state index contributed by atoms with van der Waals surface area (Å²) >= 11 is 0. The van der Waals surface area contributed by atoms with Crippen molar-refractivity contribution in [2.75, 3.05) is 19.6 Å². The second-order valence-electron chi connectivity index (χ2n) is 5.94. The molecule has 21 heavy (non-hydrogen) atoms. The summed E-state index contributed by atoms with van der Waals surface area (Å²) in [5.41, 5.74) is -0.766. The van der Waals surface area contributed by atoms with E-state index in [0.29, 0.717) is 25.9 Å². The summed E-state index contributed by atoms with van der Waals surface area (Å²) in [5, 5.41) is 9.14. The van der Waals surface area contributed by atoms with Crippen molar-refractivity contribution in [2.45, 2.75) is 39.0 Å². The fourth-order valence-corrected chi connectivity index (χ4v) is 2.70. The summed E-state index contributed by atoms with van der Waals surface area (Å²) < 4.78 is 0. The fraction of sp³-hybridized carbons (Fsp3) is 0.714. The lowest BCUT2D eigenvalue weighted by atomic mass is 9.80. The summed E-state index contributed by atoms with van der Waals surface area (Å²) in [7, 11) is 0. The van der Waals surface area contributed by atoms with Crippen LogP contribution in [0.4, 0.5) is 0 Å². The van der Waals surface area contributed by atoms with Crippen LogP contribution in [0.5, 0.6) is 0 Å². The highest BCUT2D eigenvalue weighted by Crippen LogP contribution is 2.31. The number of carboxylic acid groups (broad SMARTS) is 1. The van der Waals surface area contributed by atoms with Gasteiger partial charge in [-0.25, -0.2) is 0 Å². The molecule has 0 aromatic rings. The third kappa shape index (κ3) is 3.22. The minimum absolute atomic E-state index is 0.112. The third-order valence-electron chi connectivity index (χ3n) is 4.44. The normalized spacial score (nSPS) is 21.8. The summed E-state index contributed by atoms with van der Waals surface area (Å²) in [5.74, 6) is -1.40. The maximum atomic E-state index is 12.1. The van der Waals surface area contributed by atoms with Crippen LogP contribution in [-0.2, 0) is 19.2 Å². The first-order valence-corrected chi connectivity index (χ1v) is 7.18. The first-order valence-electron chi connectivity index (χ1n) is 7.18. The topological polar surface area (TPSA) is 95.0 Å². The minimum Gasteiger partial charge on any atom is -0.481 e. The van der Waals surface area contributed by atoms with Gasteiger partial charge in [0, 0.05) is 38.9 Å². The second-order valence-corrected chi connectivity index (χ2v) is 5.94. The van der Waals surface area contributed by atoms with Gasteiger partial charge in [0.1, 0.15) is 0 Å². The van der Waals surface area contributed by atoms with E-state index in [9.17, 15) is 19.2 Å². The lowest BCUT2D eigenvalue weighted by Crippen LogP contribution is -2.46. The number of aliphatic carboxylic acids is 1. The zero-order chi connectivity index (χ0) is 15.6. The van der Waals surface area contributed by atoms with Gasteiger partial charge >= 0.3 is 5.97 Å². The molecule has 0 radical (unpaired) electrons. The number of carboxylic acids is 1. The van der Waals surface area contributed by atoms with E-state index in [-0.39, 0.29) is 43.5 Å². The van der Waals surface area contributed by atoms with E-state index >= 15 is 0 Å². The van der Waals surface area contributed by atoms with Crippen LogP contribution >= 0.6 is 0 Å². The number of imide groups is 1. The highest BCUT2D eigenvalue weighted by Gasteiger charge is 2.38. The highest BCUT2D eigenvalue weighted by atomic mass is 16.4. The molecule has 0 spiro atoms. The van der Waals surface area contributed by atoms with Crippen molar-refractivity contribution in [3.63, 3.8) is 0 Å². The van der Waals surface area contributed by atoms with Gasteiger partial charge in [-0.1, -0.05) is 0 Å². The van der Waals surface area contributed by atoms with Crippen molar-refractivity contribution in [2.24, 2.45) is 5.41 Å². The van der Waals surface area contributed by atoms with E-state index in [4.69, 9.17) is 5.11 Å². The first kappa shape index (κ1) is 15.5. The number of carbonyl (C=O) groups is 4. The van der Waals surface area contributed by atoms with Crippen LogP contribution in [0.3, 0.4) is 0 Å². The van der Waals surface area contributed by atoms with Crippen molar-refractivity contribution in [3.8, 4) is 0 Å². The van der Waals surface area contributed by atoms with Gasteiger partial charge < -0.3 is 10.0 Å². The van der Waals surface area contributed by atoms with Crippen LogP contribution in [-0.4, -0.2) is 58.2 Å². The molecule has 2 aliphatic rings. The molecule has 2 fully saturated rings. The molecule has 7 heteroatoms. The van der Waals surface area contributed by atoms with Gasteiger partial charge in [0.2, 0.25) is 17.7 Å². The van der Waals surface area contributed by atoms with Crippen LogP contribution in [0.1, 0.15) is 39.0 Å². The molecule has 0 aromatic carbocycles. The standard InChI is InChI=1S/C14H20N2O5/c1-14(13(20)21)5-8-15(9-6-14)10(17)4-7-16-11(18)2-3-12(16)19/h2-9H2,1H3,(H,20,21). The molecule has 0 aromatic heterocycles. The Labute approximate surface area is 122 Å². The lowest BCUT2D eigenvalue weighted by Gasteiger charge is -2.36. The van der Waals surface area contributed by atoms with Crippen LogP contribution in [0.2, 0.25) is 0 Å². The van der Waals surface area contributed by atoms with E-state index in [1.165, 1.54) is 0 Å². The molecule has 0 bridgehead atoms. The maximum absolute atomic E-state index is 12.1. The Morgan fingerprint density at radius 2 is 1.67 bits per heavy atom. The Hall–Kier alpha value is -1.92. The van der Waals surface area contributed by atoms with Crippen molar-refractivity contribution >= 4 is 23.7 Å². The molecule has 0 aliphatic carbocycles. The molecule has 2 rings (SSSR count). The van der Waals surface area contributed by atoms with Gasteiger partial charge in [-0.05, 0) is 19.8 Å². The minimum atomic E-state index is -0.831. The number of piperidine rings is 1. The molecule has 116 valence electrons. The van der Waals surface area contributed by atoms with Crippen molar-refractivity contribution < 1.29 is 24.3 Å². The van der Waals surface area contributed by atoms with E-state index in [2.05, 4.69) is 0 Å². The Balaban J connectivity index is 1.81. The van der Waals surface area contributed by atoms with E-state index in [0.717, 1.165) is 4.90 Å². The van der Waals surface area contributed by atoms with Gasteiger partial charge in [0.05, 0.1) is 5.41 Å². The predicted molar refractivity (Wildman–Crippen MR) is 72.1 cm³/mol. The number of likely N-dealkylation sites (tertiary alicyclic amines) is 2. The van der Waals surface area contributed by atoms with Crippen LogP contribution < -0.4 is 0 Å². The average Bonchev–Trinajstić information content (AvgIpc) is 2.76. The van der Waals surface area contributed by atoms with Gasteiger partial charge in [-0.2, -0.15) is 0 Å². The Kier molecular flexibility index (Phi) is 4.29. The van der Waals surface area contributed by atoms with E-state index in [1.54, 1.807) is 11.8 Å².